The minimum absolute atomic E-state index is 0.0569. The predicted octanol–water partition coefficient (Wildman–Crippen LogP) is 2.05. The number of nitrogens with two attached hydrogens (primary N) is 1. The standard InChI is InChI=1S/C23H29N5O3/c1-15-3-5-19(6-4-15)28-22(24)20(13-25-28)21(30)18-9-12-27(14-18)23(31)17-7-10-26(11-8-17)16(2)29/h3-6,13,17-18H,7-12,14,24H2,1-2H3/t18-/m1/s1. The molecule has 0 unspecified atom stereocenters. The Hall–Kier alpha value is -3.16. The second-order valence-corrected chi connectivity index (χ2v) is 8.61. The molecule has 1 atom stereocenters. The maximum atomic E-state index is 13.1. The number of nitrogen functional groups attached to an aromatic ring is 1. The van der Waals surface area contributed by atoms with E-state index in [4.69, 9.17) is 5.73 Å². The van der Waals surface area contributed by atoms with Crippen LogP contribution in [0.2, 0.25) is 0 Å². The lowest BCUT2D eigenvalue weighted by Crippen LogP contribution is -2.43. The zero-order valence-electron chi connectivity index (χ0n) is 18.1. The monoisotopic (exact) mass is 423 g/mol. The minimum Gasteiger partial charge on any atom is -0.383 e. The molecule has 3 heterocycles. The lowest BCUT2D eigenvalue weighted by atomic mass is 9.95. The second kappa shape index (κ2) is 8.53. The fourth-order valence-corrected chi connectivity index (χ4v) is 4.53. The Morgan fingerprint density at radius 2 is 1.58 bits per heavy atom. The highest BCUT2D eigenvalue weighted by Crippen LogP contribution is 2.28. The molecule has 0 bridgehead atoms. The van der Waals surface area contributed by atoms with Gasteiger partial charge in [0, 0.05) is 44.9 Å². The van der Waals surface area contributed by atoms with Gasteiger partial charge in [0.15, 0.2) is 5.78 Å². The molecule has 2 aromatic rings. The molecule has 2 N–H and O–H groups in total. The highest BCUT2D eigenvalue weighted by atomic mass is 16.2. The van der Waals surface area contributed by atoms with Gasteiger partial charge in [-0.15, -0.1) is 0 Å². The molecule has 4 rings (SSSR count). The number of nitrogens with zero attached hydrogens (tertiary/aromatic N) is 4. The number of hydrogen-bond donors (Lipinski definition) is 1. The molecule has 2 saturated heterocycles. The van der Waals surface area contributed by atoms with Crippen molar-refractivity contribution in [2.75, 3.05) is 31.9 Å². The number of anilines is 1. The number of hydrogen-bond acceptors (Lipinski definition) is 5. The van der Waals surface area contributed by atoms with E-state index in [0.717, 1.165) is 11.3 Å². The first-order valence-electron chi connectivity index (χ1n) is 10.8. The second-order valence-electron chi connectivity index (χ2n) is 8.61. The van der Waals surface area contributed by atoms with E-state index in [-0.39, 0.29) is 29.4 Å². The fraction of sp³-hybridized carbons (Fsp3) is 0.478. The summed E-state index contributed by atoms with van der Waals surface area (Å²) in [7, 11) is 0. The van der Waals surface area contributed by atoms with Gasteiger partial charge in [-0.1, -0.05) is 17.7 Å². The van der Waals surface area contributed by atoms with Gasteiger partial charge in [-0.3, -0.25) is 14.4 Å². The van der Waals surface area contributed by atoms with Gasteiger partial charge < -0.3 is 15.5 Å². The number of likely N-dealkylation sites (tertiary alicyclic amines) is 2. The lowest BCUT2D eigenvalue weighted by Gasteiger charge is -2.32. The van der Waals surface area contributed by atoms with Crippen LogP contribution in [-0.2, 0) is 9.59 Å². The summed E-state index contributed by atoms with van der Waals surface area (Å²) < 4.78 is 1.58. The number of carbonyl (C=O) groups excluding carboxylic acids is 3. The lowest BCUT2D eigenvalue weighted by molar-refractivity contribution is -0.139. The topological polar surface area (TPSA) is 102 Å². The Labute approximate surface area is 182 Å². The molecule has 0 aliphatic carbocycles. The van der Waals surface area contributed by atoms with E-state index in [1.54, 1.807) is 21.4 Å². The van der Waals surface area contributed by atoms with Crippen LogP contribution in [0.5, 0.6) is 0 Å². The third kappa shape index (κ3) is 4.19. The molecule has 2 aliphatic heterocycles. The van der Waals surface area contributed by atoms with E-state index in [1.807, 2.05) is 31.2 Å². The molecular formula is C23H29N5O3. The van der Waals surface area contributed by atoms with Crippen LogP contribution in [0.1, 0.15) is 42.1 Å². The molecule has 2 fully saturated rings. The molecular weight excluding hydrogens is 394 g/mol. The SMILES string of the molecule is CC(=O)N1CCC(C(=O)N2CC[C@@H](C(=O)c3cnn(-c4ccc(C)cc4)c3N)C2)CC1. The predicted molar refractivity (Wildman–Crippen MR) is 117 cm³/mol. The van der Waals surface area contributed by atoms with Gasteiger partial charge in [0.05, 0.1) is 17.4 Å². The van der Waals surface area contributed by atoms with Crippen molar-refractivity contribution in [3.8, 4) is 5.69 Å². The zero-order valence-corrected chi connectivity index (χ0v) is 18.1. The molecule has 2 amide bonds. The number of aromatic nitrogens is 2. The highest BCUT2D eigenvalue weighted by molar-refractivity contribution is 6.02. The summed E-state index contributed by atoms with van der Waals surface area (Å²) in [6.45, 7) is 5.80. The van der Waals surface area contributed by atoms with Crippen LogP contribution in [0, 0.1) is 18.8 Å². The first kappa shape index (κ1) is 21.1. The number of ketones is 1. The summed E-state index contributed by atoms with van der Waals surface area (Å²) in [6, 6.07) is 7.78. The number of piperidine rings is 1. The molecule has 1 aromatic heterocycles. The van der Waals surface area contributed by atoms with Gasteiger partial charge in [-0.25, -0.2) is 4.68 Å². The summed E-state index contributed by atoms with van der Waals surface area (Å²) >= 11 is 0. The quantitative estimate of drug-likeness (QED) is 0.759. The maximum absolute atomic E-state index is 13.1. The average Bonchev–Trinajstić information content (AvgIpc) is 3.41. The number of aryl methyl sites for hydroxylation is 1. The van der Waals surface area contributed by atoms with E-state index in [0.29, 0.717) is 56.8 Å². The van der Waals surface area contributed by atoms with Gasteiger partial charge in [-0.2, -0.15) is 5.10 Å². The number of rotatable bonds is 4. The van der Waals surface area contributed by atoms with Crippen molar-refractivity contribution in [3.05, 3.63) is 41.6 Å². The molecule has 8 nitrogen and oxygen atoms in total. The Morgan fingerprint density at radius 3 is 2.23 bits per heavy atom. The average molecular weight is 424 g/mol. The van der Waals surface area contributed by atoms with Gasteiger partial charge in [0.2, 0.25) is 11.8 Å². The van der Waals surface area contributed by atoms with E-state index in [2.05, 4.69) is 5.10 Å². The third-order valence-corrected chi connectivity index (χ3v) is 6.51. The molecule has 164 valence electrons. The normalized spacial score (nSPS) is 19.6. The van der Waals surface area contributed by atoms with E-state index < -0.39 is 0 Å². The first-order chi connectivity index (χ1) is 14.8. The fourth-order valence-electron chi connectivity index (χ4n) is 4.53. The van der Waals surface area contributed by atoms with Crippen LogP contribution >= 0.6 is 0 Å². The number of carbonyl (C=O) groups is 3. The van der Waals surface area contributed by atoms with Crippen molar-refractivity contribution in [2.45, 2.75) is 33.1 Å². The van der Waals surface area contributed by atoms with E-state index in [9.17, 15) is 14.4 Å². The summed E-state index contributed by atoms with van der Waals surface area (Å²) in [4.78, 5) is 41.1. The maximum Gasteiger partial charge on any atom is 0.225 e. The zero-order chi connectivity index (χ0) is 22.1. The third-order valence-electron chi connectivity index (χ3n) is 6.51. The summed E-state index contributed by atoms with van der Waals surface area (Å²) in [5.74, 6) is 0.0918. The van der Waals surface area contributed by atoms with Gasteiger partial charge in [-0.05, 0) is 38.3 Å². The van der Waals surface area contributed by atoms with Crippen LogP contribution < -0.4 is 5.73 Å². The van der Waals surface area contributed by atoms with Crippen LogP contribution in [0.3, 0.4) is 0 Å². The number of amides is 2. The van der Waals surface area contributed by atoms with Crippen LogP contribution in [0.15, 0.2) is 30.5 Å². The number of Topliss-reactive ketones (excluding diaryl/α,β-unsaturated/α-hetero) is 1. The van der Waals surface area contributed by atoms with Crippen LogP contribution in [0.25, 0.3) is 5.69 Å². The van der Waals surface area contributed by atoms with Crippen molar-refractivity contribution in [1.82, 2.24) is 19.6 Å². The van der Waals surface area contributed by atoms with Crippen molar-refractivity contribution < 1.29 is 14.4 Å². The van der Waals surface area contributed by atoms with Crippen molar-refractivity contribution in [2.24, 2.45) is 11.8 Å². The van der Waals surface area contributed by atoms with E-state index >= 15 is 0 Å². The molecule has 1 aromatic carbocycles. The van der Waals surface area contributed by atoms with Crippen LogP contribution in [-0.4, -0.2) is 63.4 Å². The molecule has 8 heteroatoms. The Morgan fingerprint density at radius 1 is 0.968 bits per heavy atom. The molecule has 31 heavy (non-hydrogen) atoms. The smallest absolute Gasteiger partial charge is 0.225 e. The highest BCUT2D eigenvalue weighted by Gasteiger charge is 2.36. The van der Waals surface area contributed by atoms with E-state index in [1.165, 1.54) is 6.20 Å². The molecule has 2 aliphatic rings. The summed E-state index contributed by atoms with van der Waals surface area (Å²) in [5.41, 5.74) is 8.61. The minimum atomic E-state index is -0.265. The van der Waals surface area contributed by atoms with Crippen molar-refractivity contribution in [3.63, 3.8) is 0 Å². The van der Waals surface area contributed by atoms with Crippen LogP contribution in [0.4, 0.5) is 5.82 Å². The molecule has 0 spiro atoms. The summed E-state index contributed by atoms with van der Waals surface area (Å²) in [6.07, 6.45) is 3.53. The largest absolute Gasteiger partial charge is 0.383 e. The first-order valence-corrected chi connectivity index (χ1v) is 10.8. The Kier molecular flexibility index (Phi) is 5.80. The van der Waals surface area contributed by atoms with Gasteiger partial charge in [0.1, 0.15) is 5.82 Å². The van der Waals surface area contributed by atoms with Gasteiger partial charge >= 0.3 is 0 Å². The number of benzene rings is 1. The van der Waals surface area contributed by atoms with Crippen molar-refractivity contribution >= 4 is 23.4 Å². The molecule has 0 saturated carbocycles. The summed E-state index contributed by atoms with van der Waals surface area (Å²) in [5, 5.41) is 4.32. The molecule has 0 radical (unpaired) electrons. The van der Waals surface area contributed by atoms with Crippen molar-refractivity contribution in [1.29, 1.82) is 0 Å². The Bertz CT molecular complexity index is 989. The Balaban J connectivity index is 1.39. The van der Waals surface area contributed by atoms with Gasteiger partial charge in [0.25, 0.3) is 0 Å².